The number of carboxylic acid groups (broad SMARTS) is 1. The minimum atomic E-state index is -1.14. The van der Waals surface area contributed by atoms with E-state index in [0.717, 1.165) is 0 Å². The van der Waals surface area contributed by atoms with Gasteiger partial charge in [-0.25, -0.2) is 4.79 Å². The first-order valence-corrected chi connectivity index (χ1v) is 6.31. The van der Waals surface area contributed by atoms with Crippen molar-refractivity contribution in [3.63, 3.8) is 0 Å². The van der Waals surface area contributed by atoms with Gasteiger partial charge in [-0.3, -0.25) is 9.48 Å². The quantitative estimate of drug-likeness (QED) is 0.830. The SMILES string of the molecule is Cc1noc(C)c1CC(=O)NC(C(=O)O)c1cnn(C)c1. The van der Waals surface area contributed by atoms with Gasteiger partial charge in [0, 0.05) is 24.4 Å². The lowest BCUT2D eigenvalue weighted by atomic mass is 10.1. The number of amides is 1. The third kappa shape index (κ3) is 3.28. The van der Waals surface area contributed by atoms with Gasteiger partial charge in [-0.05, 0) is 13.8 Å². The van der Waals surface area contributed by atoms with E-state index in [4.69, 9.17) is 4.52 Å². The summed E-state index contributed by atoms with van der Waals surface area (Å²) in [5.41, 5.74) is 1.70. The average molecular weight is 292 g/mol. The highest BCUT2D eigenvalue weighted by Crippen LogP contribution is 2.15. The van der Waals surface area contributed by atoms with Gasteiger partial charge in [0.2, 0.25) is 5.91 Å². The Balaban J connectivity index is 2.11. The van der Waals surface area contributed by atoms with Crippen LogP contribution >= 0.6 is 0 Å². The molecule has 2 N–H and O–H groups in total. The highest BCUT2D eigenvalue weighted by atomic mass is 16.5. The molecule has 2 aromatic heterocycles. The van der Waals surface area contributed by atoms with Gasteiger partial charge in [0.15, 0.2) is 6.04 Å². The molecule has 0 saturated carbocycles. The van der Waals surface area contributed by atoms with Crippen LogP contribution < -0.4 is 5.32 Å². The first-order chi connectivity index (χ1) is 9.88. The highest BCUT2D eigenvalue weighted by Gasteiger charge is 2.24. The maximum atomic E-state index is 12.0. The average Bonchev–Trinajstić information content (AvgIpc) is 2.96. The van der Waals surface area contributed by atoms with E-state index >= 15 is 0 Å². The van der Waals surface area contributed by atoms with Crippen molar-refractivity contribution < 1.29 is 19.2 Å². The molecule has 2 heterocycles. The molecule has 112 valence electrons. The number of rotatable bonds is 5. The van der Waals surface area contributed by atoms with Gasteiger partial charge in [-0.1, -0.05) is 5.16 Å². The summed E-state index contributed by atoms with van der Waals surface area (Å²) in [6.07, 6.45) is 2.98. The molecule has 0 fully saturated rings. The summed E-state index contributed by atoms with van der Waals surface area (Å²) in [6.45, 7) is 3.44. The Kier molecular flexibility index (Phi) is 4.06. The molecule has 0 aliphatic carbocycles. The van der Waals surface area contributed by atoms with E-state index in [1.807, 2.05) is 0 Å². The molecule has 1 unspecified atom stereocenters. The number of aliphatic carboxylic acids is 1. The number of carboxylic acids is 1. The zero-order chi connectivity index (χ0) is 15.6. The normalized spacial score (nSPS) is 12.1. The Morgan fingerprint density at radius 3 is 2.67 bits per heavy atom. The van der Waals surface area contributed by atoms with Gasteiger partial charge in [0.05, 0.1) is 18.3 Å². The third-order valence-corrected chi connectivity index (χ3v) is 3.13. The number of aryl methyl sites for hydroxylation is 3. The standard InChI is InChI=1S/C13H16N4O4/c1-7-10(8(2)21-16-7)4-11(18)15-12(13(19)20)9-5-14-17(3)6-9/h5-6,12H,4H2,1-3H3,(H,15,18)(H,19,20). The number of aromatic nitrogens is 3. The predicted octanol–water partition coefficient (Wildman–Crippen LogP) is 0.510. The molecule has 0 saturated heterocycles. The Labute approximate surface area is 120 Å². The number of hydrogen-bond acceptors (Lipinski definition) is 5. The molecule has 0 aliphatic rings. The lowest BCUT2D eigenvalue weighted by molar-refractivity contribution is -0.141. The molecule has 2 aromatic rings. The molecular weight excluding hydrogens is 276 g/mol. The zero-order valence-electron chi connectivity index (χ0n) is 12.0. The van der Waals surface area contributed by atoms with Gasteiger partial charge in [0.25, 0.3) is 0 Å². The Morgan fingerprint density at radius 1 is 1.48 bits per heavy atom. The number of carbonyl (C=O) groups excluding carboxylic acids is 1. The maximum Gasteiger partial charge on any atom is 0.331 e. The first kappa shape index (κ1) is 14.8. The smallest absolute Gasteiger partial charge is 0.331 e. The maximum absolute atomic E-state index is 12.0. The summed E-state index contributed by atoms with van der Waals surface area (Å²) in [4.78, 5) is 23.3. The molecule has 0 radical (unpaired) electrons. The van der Waals surface area contributed by atoms with Gasteiger partial charge < -0.3 is 14.9 Å². The molecule has 1 amide bonds. The van der Waals surface area contributed by atoms with Crippen molar-refractivity contribution in [2.45, 2.75) is 26.3 Å². The number of carbonyl (C=O) groups is 2. The number of nitrogens with zero attached hydrogens (tertiary/aromatic N) is 3. The van der Waals surface area contributed by atoms with Crippen LogP contribution in [0.1, 0.15) is 28.6 Å². The molecule has 2 rings (SSSR count). The minimum absolute atomic E-state index is 0.0191. The van der Waals surface area contributed by atoms with E-state index in [0.29, 0.717) is 22.6 Å². The topological polar surface area (TPSA) is 110 Å². The number of nitrogens with one attached hydrogen (secondary N) is 1. The second-order valence-corrected chi connectivity index (χ2v) is 4.77. The van der Waals surface area contributed by atoms with Gasteiger partial charge in [0.1, 0.15) is 5.76 Å². The predicted molar refractivity (Wildman–Crippen MR) is 71.4 cm³/mol. The summed E-state index contributed by atoms with van der Waals surface area (Å²) in [5, 5.41) is 19.4. The second-order valence-electron chi connectivity index (χ2n) is 4.77. The fourth-order valence-corrected chi connectivity index (χ4v) is 2.00. The largest absolute Gasteiger partial charge is 0.479 e. The zero-order valence-corrected chi connectivity index (χ0v) is 12.0. The second kappa shape index (κ2) is 5.78. The lowest BCUT2D eigenvalue weighted by Crippen LogP contribution is -2.34. The molecule has 8 heteroatoms. The van der Waals surface area contributed by atoms with Crippen molar-refractivity contribution in [2.75, 3.05) is 0 Å². The van der Waals surface area contributed by atoms with Crippen LogP contribution in [0.2, 0.25) is 0 Å². The van der Waals surface area contributed by atoms with Crippen molar-refractivity contribution in [1.29, 1.82) is 0 Å². The lowest BCUT2D eigenvalue weighted by Gasteiger charge is -2.12. The van der Waals surface area contributed by atoms with E-state index in [-0.39, 0.29) is 6.42 Å². The molecule has 21 heavy (non-hydrogen) atoms. The van der Waals surface area contributed by atoms with Crippen molar-refractivity contribution >= 4 is 11.9 Å². The van der Waals surface area contributed by atoms with Crippen molar-refractivity contribution in [3.05, 3.63) is 35.0 Å². The van der Waals surface area contributed by atoms with E-state index in [1.54, 1.807) is 27.1 Å². The number of hydrogen-bond donors (Lipinski definition) is 2. The molecule has 0 spiro atoms. The fourth-order valence-electron chi connectivity index (χ4n) is 2.00. The van der Waals surface area contributed by atoms with Crippen LogP contribution in [0, 0.1) is 13.8 Å². The van der Waals surface area contributed by atoms with Gasteiger partial charge in [-0.15, -0.1) is 0 Å². The van der Waals surface area contributed by atoms with E-state index in [9.17, 15) is 14.7 Å². The third-order valence-electron chi connectivity index (χ3n) is 3.13. The molecule has 0 aliphatic heterocycles. The van der Waals surface area contributed by atoms with Crippen molar-refractivity contribution in [1.82, 2.24) is 20.3 Å². The van der Waals surface area contributed by atoms with Gasteiger partial charge in [-0.2, -0.15) is 5.10 Å². The summed E-state index contributed by atoms with van der Waals surface area (Å²) >= 11 is 0. The van der Waals surface area contributed by atoms with Crippen LogP contribution in [0.5, 0.6) is 0 Å². The molecule has 0 bridgehead atoms. The molecule has 0 aromatic carbocycles. The molecule has 8 nitrogen and oxygen atoms in total. The van der Waals surface area contributed by atoms with Crippen LogP contribution in [0.3, 0.4) is 0 Å². The fraction of sp³-hybridized carbons (Fsp3) is 0.385. The van der Waals surface area contributed by atoms with Gasteiger partial charge >= 0.3 is 5.97 Å². The summed E-state index contributed by atoms with van der Waals surface area (Å²) < 4.78 is 6.45. The van der Waals surface area contributed by atoms with E-state index in [2.05, 4.69) is 15.6 Å². The highest BCUT2D eigenvalue weighted by molar-refractivity contribution is 5.85. The van der Waals surface area contributed by atoms with Crippen LogP contribution in [0.15, 0.2) is 16.9 Å². The molecule has 1 atom stereocenters. The minimum Gasteiger partial charge on any atom is -0.479 e. The van der Waals surface area contributed by atoms with Crippen LogP contribution in [0.4, 0.5) is 0 Å². The van der Waals surface area contributed by atoms with E-state index in [1.165, 1.54) is 10.9 Å². The summed E-state index contributed by atoms with van der Waals surface area (Å²) in [6, 6.07) is -1.13. The summed E-state index contributed by atoms with van der Waals surface area (Å²) in [7, 11) is 1.67. The molecular formula is C13H16N4O4. The van der Waals surface area contributed by atoms with Crippen molar-refractivity contribution in [2.24, 2.45) is 7.05 Å². The van der Waals surface area contributed by atoms with Crippen LogP contribution in [-0.2, 0) is 23.1 Å². The first-order valence-electron chi connectivity index (χ1n) is 6.31. The monoisotopic (exact) mass is 292 g/mol. The Hall–Kier alpha value is -2.64. The van der Waals surface area contributed by atoms with E-state index < -0.39 is 17.9 Å². The van der Waals surface area contributed by atoms with Crippen molar-refractivity contribution in [3.8, 4) is 0 Å². The van der Waals surface area contributed by atoms with Crippen LogP contribution in [-0.4, -0.2) is 31.9 Å². The summed E-state index contributed by atoms with van der Waals surface area (Å²) in [5.74, 6) is -1.01. The Bertz CT molecular complexity index is 654. The Morgan fingerprint density at radius 2 is 2.19 bits per heavy atom. The van der Waals surface area contributed by atoms with Crippen LogP contribution in [0.25, 0.3) is 0 Å².